The van der Waals surface area contributed by atoms with Gasteiger partial charge in [-0.15, -0.1) is 0 Å². The standard InChI is InChI=1S/C17H13FINO4/c18-9-2-1-8(3-10(9)19)15-16-11(4-23-6-13(16)21)20-12-5-24-7-14(22)17(12)15/h1-3,15-16H,4-7H2. The molecule has 0 aliphatic carbocycles. The maximum atomic E-state index is 13.7. The highest BCUT2D eigenvalue weighted by Crippen LogP contribution is 2.42. The molecule has 3 heterocycles. The topological polar surface area (TPSA) is 65.0 Å². The van der Waals surface area contributed by atoms with Gasteiger partial charge < -0.3 is 9.47 Å². The summed E-state index contributed by atoms with van der Waals surface area (Å²) >= 11 is 1.91. The minimum atomic E-state index is -0.527. The van der Waals surface area contributed by atoms with Crippen molar-refractivity contribution in [1.82, 2.24) is 0 Å². The minimum absolute atomic E-state index is 0.00573. The third-order valence-corrected chi connectivity index (χ3v) is 5.34. The number of benzene rings is 1. The van der Waals surface area contributed by atoms with Crippen LogP contribution in [0.1, 0.15) is 11.5 Å². The van der Waals surface area contributed by atoms with Gasteiger partial charge in [0.15, 0.2) is 11.6 Å². The molecule has 2 atom stereocenters. The molecule has 0 aromatic heterocycles. The molecule has 0 radical (unpaired) electrons. The number of ether oxygens (including phenoxy) is 2. The summed E-state index contributed by atoms with van der Waals surface area (Å²) in [5, 5.41) is 0. The van der Waals surface area contributed by atoms with Gasteiger partial charge in [0.05, 0.1) is 30.5 Å². The molecule has 1 aromatic carbocycles. The number of nitrogens with zero attached hydrogens (tertiary/aromatic N) is 1. The number of carbonyl (C=O) groups is 2. The number of hydrogen-bond donors (Lipinski definition) is 0. The van der Waals surface area contributed by atoms with E-state index in [9.17, 15) is 14.0 Å². The molecule has 1 fully saturated rings. The zero-order valence-electron chi connectivity index (χ0n) is 12.6. The maximum absolute atomic E-state index is 13.7. The van der Waals surface area contributed by atoms with Crippen molar-refractivity contribution in [2.45, 2.75) is 5.92 Å². The summed E-state index contributed by atoms with van der Waals surface area (Å²) < 4.78 is 24.7. The molecule has 3 aliphatic rings. The number of carbonyl (C=O) groups excluding carboxylic acids is 2. The molecule has 124 valence electrons. The Kier molecular flexibility index (Phi) is 4.09. The van der Waals surface area contributed by atoms with Crippen LogP contribution in [-0.4, -0.2) is 43.7 Å². The van der Waals surface area contributed by atoms with Crippen molar-refractivity contribution in [1.29, 1.82) is 0 Å². The first-order valence-electron chi connectivity index (χ1n) is 7.53. The van der Waals surface area contributed by atoms with Crippen molar-refractivity contribution < 1.29 is 23.5 Å². The molecule has 4 rings (SSSR count). The fraction of sp³-hybridized carbons (Fsp3) is 0.353. The maximum Gasteiger partial charge on any atom is 0.187 e. The van der Waals surface area contributed by atoms with Crippen molar-refractivity contribution in [2.75, 3.05) is 26.4 Å². The molecule has 1 saturated heterocycles. The second kappa shape index (κ2) is 6.12. The number of halogens is 2. The van der Waals surface area contributed by atoms with Crippen LogP contribution < -0.4 is 0 Å². The number of fused-ring (bicyclic) bond motifs is 1. The van der Waals surface area contributed by atoms with Crippen LogP contribution in [0, 0.1) is 15.3 Å². The number of ketones is 2. The first-order chi connectivity index (χ1) is 11.6. The normalized spacial score (nSPS) is 26.8. The van der Waals surface area contributed by atoms with Crippen LogP contribution in [0.5, 0.6) is 0 Å². The van der Waals surface area contributed by atoms with Crippen molar-refractivity contribution in [2.24, 2.45) is 10.9 Å². The van der Waals surface area contributed by atoms with Crippen LogP contribution in [0.3, 0.4) is 0 Å². The van der Waals surface area contributed by atoms with Gasteiger partial charge in [0, 0.05) is 15.1 Å². The van der Waals surface area contributed by atoms with Gasteiger partial charge in [0.25, 0.3) is 0 Å². The van der Waals surface area contributed by atoms with Gasteiger partial charge in [-0.1, -0.05) is 6.07 Å². The molecular weight excluding hydrogens is 428 g/mol. The highest BCUT2D eigenvalue weighted by Gasteiger charge is 2.45. The molecule has 0 N–H and O–H groups in total. The Morgan fingerprint density at radius 2 is 1.88 bits per heavy atom. The van der Waals surface area contributed by atoms with E-state index < -0.39 is 11.8 Å². The van der Waals surface area contributed by atoms with Gasteiger partial charge in [0.2, 0.25) is 0 Å². The highest BCUT2D eigenvalue weighted by atomic mass is 127. The van der Waals surface area contributed by atoms with Crippen LogP contribution >= 0.6 is 22.6 Å². The second-order valence-corrected chi connectivity index (χ2v) is 7.13. The lowest BCUT2D eigenvalue weighted by atomic mass is 9.71. The molecule has 2 unspecified atom stereocenters. The Balaban J connectivity index is 1.91. The van der Waals surface area contributed by atoms with E-state index in [1.807, 2.05) is 22.6 Å². The summed E-state index contributed by atoms with van der Waals surface area (Å²) in [4.78, 5) is 29.4. The van der Waals surface area contributed by atoms with Crippen LogP contribution in [0.4, 0.5) is 4.39 Å². The van der Waals surface area contributed by atoms with Gasteiger partial charge in [0.1, 0.15) is 19.0 Å². The van der Waals surface area contributed by atoms with Crippen molar-refractivity contribution in [3.05, 3.63) is 44.4 Å². The highest BCUT2D eigenvalue weighted by molar-refractivity contribution is 14.1. The molecule has 5 nitrogen and oxygen atoms in total. The van der Waals surface area contributed by atoms with Gasteiger partial charge in [-0.3, -0.25) is 14.6 Å². The van der Waals surface area contributed by atoms with E-state index in [0.29, 0.717) is 20.6 Å². The van der Waals surface area contributed by atoms with Gasteiger partial charge in [-0.25, -0.2) is 4.39 Å². The SMILES string of the molecule is O=C1COCC2=C1C(c1ccc(F)c(I)c1)C1C(=O)COCC1=N2. The molecule has 0 amide bonds. The first-order valence-corrected chi connectivity index (χ1v) is 8.61. The Morgan fingerprint density at radius 1 is 1.08 bits per heavy atom. The van der Waals surface area contributed by atoms with Gasteiger partial charge in [-0.05, 0) is 40.3 Å². The van der Waals surface area contributed by atoms with E-state index in [0.717, 1.165) is 5.56 Å². The molecule has 0 saturated carbocycles. The predicted molar refractivity (Wildman–Crippen MR) is 91.5 cm³/mol. The third-order valence-electron chi connectivity index (χ3n) is 4.51. The Bertz CT molecular complexity index is 817. The van der Waals surface area contributed by atoms with E-state index in [2.05, 4.69) is 4.99 Å². The van der Waals surface area contributed by atoms with E-state index in [1.165, 1.54) is 6.07 Å². The Labute approximate surface area is 151 Å². The summed E-state index contributed by atoms with van der Waals surface area (Å²) in [6.45, 7) is 0.484. The fourth-order valence-corrected chi connectivity index (χ4v) is 4.05. The number of rotatable bonds is 1. The lowest BCUT2D eigenvalue weighted by molar-refractivity contribution is -0.127. The number of aliphatic imine (C=N–C) groups is 1. The molecule has 0 spiro atoms. The van der Waals surface area contributed by atoms with Crippen LogP contribution in [0.15, 0.2) is 34.5 Å². The molecule has 1 aromatic rings. The van der Waals surface area contributed by atoms with Crippen molar-refractivity contribution >= 4 is 39.9 Å². The average Bonchev–Trinajstić information content (AvgIpc) is 2.56. The second-order valence-electron chi connectivity index (χ2n) is 5.97. The summed E-state index contributed by atoms with van der Waals surface area (Å²) in [7, 11) is 0. The monoisotopic (exact) mass is 441 g/mol. The smallest absolute Gasteiger partial charge is 0.187 e. The summed E-state index contributed by atoms with van der Waals surface area (Å²) in [5.41, 5.74) is 2.44. The largest absolute Gasteiger partial charge is 0.368 e. The molecule has 0 bridgehead atoms. The Hall–Kier alpha value is -1.45. The lowest BCUT2D eigenvalue weighted by Crippen LogP contribution is -2.45. The fourth-order valence-electron chi connectivity index (χ4n) is 3.51. The molecule has 24 heavy (non-hydrogen) atoms. The van der Waals surface area contributed by atoms with Gasteiger partial charge in [-0.2, -0.15) is 0 Å². The minimum Gasteiger partial charge on any atom is -0.368 e. The van der Waals surface area contributed by atoms with Crippen LogP contribution in [0.2, 0.25) is 0 Å². The average molecular weight is 441 g/mol. The zero-order valence-corrected chi connectivity index (χ0v) is 14.7. The predicted octanol–water partition coefficient (Wildman–Crippen LogP) is 2.04. The van der Waals surface area contributed by atoms with Gasteiger partial charge >= 0.3 is 0 Å². The quantitative estimate of drug-likeness (QED) is 0.626. The number of Topliss-reactive ketones (excluding diaryl/α,β-unsaturated/α-hetero) is 2. The lowest BCUT2D eigenvalue weighted by Gasteiger charge is -2.37. The third kappa shape index (κ3) is 2.55. The van der Waals surface area contributed by atoms with Crippen molar-refractivity contribution in [3.8, 4) is 0 Å². The first kappa shape index (κ1) is 16.0. The van der Waals surface area contributed by atoms with E-state index >= 15 is 0 Å². The molecule has 7 heteroatoms. The Morgan fingerprint density at radius 3 is 2.67 bits per heavy atom. The van der Waals surface area contributed by atoms with Crippen LogP contribution in [-0.2, 0) is 19.1 Å². The van der Waals surface area contributed by atoms with Crippen LogP contribution in [0.25, 0.3) is 0 Å². The summed E-state index contributed by atoms with van der Waals surface area (Å²) in [5.74, 6) is -1.57. The number of hydrogen-bond acceptors (Lipinski definition) is 5. The molecular formula is C17H13FINO4. The summed E-state index contributed by atoms with van der Waals surface area (Å²) in [6, 6.07) is 4.71. The van der Waals surface area contributed by atoms with Crippen molar-refractivity contribution in [3.63, 3.8) is 0 Å². The summed E-state index contributed by atoms with van der Waals surface area (Å²) in [6.07, 6.45) is 0. The zero-order chi connectivity index (χ0) is 16.8. The molecule has 3 aliphatic heterocycles. The van der Waals surface area contributed by atoms with E-state index in [4.69, 9.17) is 9.47 Å². The van der Waals surface area contributed by atoms with E-state index in [-0.39, 0.29) is 43.8 Å². The van der Waals surface area contributed by atoms with E-state index in [1.54, 1.807) is 12.1 Å².